The summed E-state index contributed by atoms with van der Waals surface area (Å²) in [6, 6.07) is 7.84. The monoisotopic (exact) mass is 256 g/mol. The van der Waals surface area contributed by atoms with Crippen molar-refractivity contribution in [1.29, 1.82) is 0 Å². The molecule has 0 atom stereocenters. The Bertz CT molecular complexity index is 589. The summed E-state index contributed by atoms with van der Waals surface area (Å²) in [4.78, 5) is 23.0. The average Bonchev–Trinajstić information content (AvgIpc) is 2.58. The fourth-order valence-electron chi connectivity index (χ4n) is 2.03. The number of Topliss-reactive ketones (excluding diaryl/α,β-unsaturated/α-hetero) is 1. The Kier molecular flexibility index (Phi) is 3.65. The second-order valence-corrected chi connectivity index (χ2v) is 4.77. The standard InChI is InChI=1S/C16H16O3/c1-10-4-6-13(7-5-10)9-14-15(18)8-11(2)16(14)19-12(3)17/h4-7,9H,8H2,1-3H3/b14-9+. The molecule has 1 aliphatic carbocycles. The van der Waals surface area contributed by atoms with E-state index in [1.165, 1.54) is 6.92 Å². The van der Waals surface area contributed by atoms with Gasteiger partial charge in [0.05, 0.1) is 5.57 Å². The minimum atomic E-state index is -0.404. The van der Waals surface area contributed by atoms with E-state index >= 15 is 0 Å². The van der Waals surface area contributed by atoms with E-state index in [1.54, 1.807) is 6.08 Å². The Morgan fingerprint density at radius 2 is 1.84 bits per heavy atom. The maximum atomic E-state index is 11.9. The van der Waals surface area contributed by atoms with Crippen molar-refractivity contribution in [3.05, 3.63) is 52.3 Å². The van der Waals surface area contributed by atoms with E-state index in [0.29, 0.717) is 17.8 Å². The normalized spacial score (nSPS) is 17.2. The smallest absolute Gasteiger partial charge is 0.308 e. The van der Waals surface area contributed by atoms with E-state index in [-0.39, 0.29) is 5.78 Å². The number of carbonyl (C=O) groups is 2. The van der Waals surface area contributed by atoms with Gasteiger partial charge >= 0.3 is 5.97 Å². The Morgan fingerprint density at radius 1 is 1.21 bits per heavy atom. The Hall–Kier alpha value is -2.16. The molecule has 0 aliphatic heterocycles. The molecule has 0 spiro atoms. The van der Waals surface area contributed by atoms with Crippen LogP contribution in [0.2, 0.25) is 0 Å². The molecule has 19 heavy (non-hydrogen) atoms. The van der Waals surface area contributed by atoms with Gasteiger partial charge in [-0.25, -0.2) is 0 Å². The largest absolute Gasteiger partial charge is 0.426 e. The van der Waals surface area contributed by atoms with Crippen molar-refractivity contribution in [2.24, 2.45) is 0 Å². The van der Waals surface area contributed by atoms with Crippen LogP contribution in [0.25, 0.3) is 6.08 Å². The van der Waals surface area contributed by atoms with Gasteiger partial charge in [0.15, 0.2) is 5.78 Å². The van der Waals surface area contributed by atoms with Crippen LogP contribution in [0, 0.1) is 6.92 Å². The summed E-state index contributed by atoms with van der Waals surface area (Å²) in [5.74, 6) is 0.00579. The number of aryl methyl sites for hydroxylation is 1. The topological polar surface area (TPSA) is 43.4 Å². The lowest BCUT2D eigenvalue weighted by Gasteiger charge is -2.05. The van der Waals surface area contributed by atoms with Crippen LogP contribution >= 0.6 is 0 Å². The molecule has 0 fully saturated rings. The molecular weight excluding hydrogens is 240 g/mol. The Balaban J connectivity index is 2.38. The molecule has 1 aromatic carbocycles. The third kappa shape index (κ3) is 2.99. The molecule has 0 N–H and O–H groups in total. The first-order valence-corrected chi connectivity index (χ1v) is 6.17. The lowest BCUT2D eigenvalue weighted by molar-refractivity contribution is -0.136. The van der Waals surface area contributed by atoms with Gasteiger partial charge < -0.3 is 4.74 Å². The van der Waals surface area contributed by atoms with Crippen molar-refractivity contribution in [2.75, 3.05) is 0 Å². The fraction of sp³-hybridized carbons (Fsp3) is 0.250. The van der Waals surface area contributed by atoms with Gasteiger partial charge in [0.25, 0.3) is 0 Å². The van der Waals surface area contributed by atoms with E-state index < -0.39 is 5.97 Å². The number of hydrogen-bond acceptors (Lipinski definition) is 3. The number of carbonyl (C=O) groups excluding carboxylic acids is 2. The summed E-state index contributed by atoms with van der Waals surface area (Å²) in [6.07, 6.45) is 2.09. The van der Waals surface area contributed by atoms with Crippen LogP contribution in [0.15, 0.2) is 41.2 Å². The average molecular weight is 256 g/mol. The number of allylic oxidation sites excluding steroid dienone is 2. The summed E-state index contributed by atoms with van der Waals surface area (Å²) < 4.78 is 5.15. The van der Waals surface area contributed by atoms with Crippen molar-refractivity contribution in [1.82, 2.24) is 0 Å². The summed E-state index contributed by atoms with van der Waals surface area (Å²) >= 11 is 0. The van der Waals surface area contributed by atoms with Gasteiger partial charge in [-0.2, -0.15) is 0 Å². The van der Waals surface area contributed by atoms with Crippen LogP contribution < -0.4 is 0 Å². The number of hydrogen-bond donors (Lipinski definition) is 0. The zero-order chi connectivity index (χ0) is 14.0. The minimum Gasteiger partial charge on any atom is -0.426 e. The summed E-state index contributed by atoms with van der Waals surface area (Å²) in [6.45, 7) is 5.16. The zero-order valence-electron chi connectivity index (χ0n) is 11.3. The molecule has 98 valence electrons. The van der Waals surface area contributed by atoms with Crippen molar-refractivity contribution >= 4 is 17.8 Å². The molecule has 1 aromatic rings. The summed E-state index contributed by atoms with van der Waals surface area (Å²) in [7, 11) is 0. The van der Waals surface area contributed by atoms with Gasteiger partial charge in [-0.1, -0.05) is 29.8 Å². The molecule has 0 heterocycles. The molecule has 0 bridgehead atoms. The van der Waals surface area contributed by atoms with E-state index in [2.05, 4.69) is 0 Å². The molecule has 1 aliphatic rings. The second kappa shape index (κ2) is 5.22. The zero-order valence-corrected chi connectivity index (χ0v) is 11.3. The van der Waals surface area contributed by atoms with Crippen molar-refractivity contribution in [3.8, 4) is 0 Å². The number of ketones is 1. The molecular formula is C16H16O3. The lowest BCUT2D eigenvalue weighted by Crippen LogP contribution is -2.03. The molecule has 0 aromatic heterocycles. The van der Waals surface area contributed by atoms with Crippen LogP contribution in [-0.4, -0.2) is 11.8 Å². The third-order valence-electron chi connectivity index (χ3n) is 2.99. The highest BCUT2D eigenvalue weighted by atomic mass is 16.5. The van der Waals surface area contributed by atoms with Gasteiger partial charge in [-0.15, -0.1) is 0 Å². The maximum absolute atomic E-state index is 11.9. The number of ether oxygens (including phenoxy) is 1. The van der Waals surface area contributed by atoms with E-state index in [0.717, 1.165) is 16.7 Å². The first kappa shape index (κ1) is 13.3. The van der Waals surface area contributed by atoms with Gasteiger partial charge in [0.1, 0.15) is 5.76 Å². The maximum Gasteiger partial charge on any atom is 0.308 e. The van der Waals surface area contributed by atoms with Crippen LogP contribution in [0.1, 0.15) is 31.4 Å². The first-order valence-electron chi connectivity index (χ1n) is 6.17. The highest BCUT2D eigenvalue weighted by Crippen LogP contribution is 2.30. The minimum absolute atomic E-state index is 0.00525. The quantitative estimate of drug-likeness (QED) is 0.603. The molecule has 3 heteroatoms. The van der Waals surface area contributed by atoms with Crippen molar-refractivity contribution in [2.45, 2.75) is 27.2 Å². The summed E-state index contributed by atoms with van der Waals surface area (Å²) in [5, 5.41) is 0. The van der Waals surface area contributed by atoms with Crippen LogP contribution in [0.4, 0.5) is 0 Å². The fourth-order valence-corrected chi connectivity index (χ4v) is 2.03. The molecule has 0 radical (unpaired) electrons. The molecule has 0 saturated heterocycles. The van der Waals surface area contributed by atoms with Gasteiger partial charge in [-0.05, 0) is 31.1 Å². The van der Waals surface area contributed by atoms with Crippen LogP contribution in [0.5, 0.6) is 0 Å². The van der Waals surface area contributed by atoms with Gasteiger partial charge in [0.2, 0.25) is 0 Å². The predicted octanol–water partition coefficient (Wildman–Crippen LogP) is 3.19. The first-order chi connectivity index (χ1) is 8.97. The third-order valence-corrected chi connectivity index (χ3v) is 2.99. The molecule has 0 unspecified atom stereocenters. The molecule has 0 saturated carbocycles. The van der Waals surface area contributed by atoms with Crippen LogP contribution in [-0.2, 0) is 14.3 Å². The van der Waals surface area contributed by atoms with Crippen molar-refractivity contribution in [3.63, 3.8) is 0 Å². The SMILES string of the molecule is CC(=O)OC1=C(C)CC(=O)/C1=C\c1ccc(C)cc1. The van der Waals surface area contributed by atoms with Gasteiger partial charge in [0, 0.05) is 13.3 Å². The number of rotatable bonds is 2. The van der Waals surface area contributed by atoms with Crippen LogP contribution in [0.3, 0.4) is 0 Å². The van der Waals surface area contributed by atoms with Crippen molar-refractivity contribution < 1.29 is 14.3 Å². The molecule has 2 rings (SSSR count). The Morgan fingerprint density at radius 3 is 2.42 bits per heavy atom. The lowest BCUT2D eigenvalue weighted by atomic mass is 10.1. The number of esters is 1. The predicted molar refractivity (Wildman–Crippen MR) is 73.2 cm³/mol. The molecule has 0 amide bonds. The highest BCUT2D eigenvalue weighted by molar-refractivity contribution is 6.08. The van der Waals surface area contributed by atoms with E-state index in [4.69, 9.17) is 4.74 Å². The number of benzene rings is 1. The molecule has 3 nitrogen and oxygen atoms in total. The highest BCUT2D eigenvalue weighted by Gasteiger charge is 2.27. The Labute approximate surface area is 112 Å². The van der Waals surface area contributed by atoms with Gasteiger partial charge in [-0.3, -0.25) is 9.59 Å². The van der Waals surface area contributed by atoms with E-state index in [9.17, 15) is 9.59 Å². The second-order valence-electron chi connectivity index (χ2n) is 4.77. The summed E-state index contributed by atoms with van der Waals surface area (Å²) in [5.41, 5.74) is 3.37. The van der Waals surface area contributed by atoms with E-state index in [1.807, 2.05) is 38.1 Å².